The Morgan fingerprint density at radius 3 is 2.81 bits per heavy atom. The zero-order valence-electron chi connectivity index (χ0n) is 14.5. The topological polar surface area (TPSA) is 121 Å². The van der Waals surface area contributed by atoms with Crippen LogP contribution in [-0.2, 0) is 24.9 Å². The van der Waals surface area contributed by atoms with Crippen molar-refractivity contribution < 1.29 is 9.72 Å². The van der Waals surface area contributed by atoms with Gasteiger partial charge < -0.3 is 15.4 Å². The van der Waals surface area contributed by atoms with E-state index in [-0.39, 0.29) is 24.8 Å². The summed E-state index contributed by atoms with van der Waals surface area (Å²) in [6, 6.07) is 9.50. The fourth-order valence-corrected chi connectivity index (χ4v) is 2.37. The normalized spacial score (nSPS) is 11.0. The third kappa shape index (κ3) is 4.63. The third-order valence-corrected chi connectivity index (χ3v) is 3.81. The smallest absolute Gasteiger partial charge is 0.342 e. The summed E-state index contributed by atoms with van der Waals surface area (Å²) in [7, 11) is 1.57. The molecule has 1 amide bonds. The van der Waals surface area contributed by atoms with E-state index in [1.54, 1.807) is 19.3 Å². The summed E-state index contributed by atoms with van der Waals surface area (Å²) in [5.74, 6) is 0.143. The summed E-state index contributed by atoms with van der Waals surface area (Å²) >= 11 is 0. The molecule has 0 atom stereocenters. The second-order valence-corrected chi connectivity index (χ2v) is 5.72. The highest BCUT2D eigenvalue weighted by Crippen LogP contribution is 2.12. The van der Waals surface area contributed by atoms with Crippen molar-refractivity contribution in [1.82, 2.24) is 29.9 Å². The average molecular weight is 367 g/mol. The van der Waals surface area contributed by atoms with Gasteiger partial charge in [-0.05, 0) is 16.6 Å². The lowest BCUT2D eigenvalue weighted by molar-refractivity contribution is -0.391. The number of nitro groups is 1. The second kappa shape index (κ2) is 8.04. The molecule has 2 heterocycles. The number of benzene rings is 1. The van der Waals surface area contributed by atoms with Gasteiger partial charge in [0.05, 0.1) is 19.8 Å². The summed E-state index contributed by atoms with van der Waals surface area (Å²) in [4.78, 5) is 26.2. The number of amides is 1. The van der Waals surface area contributed by atoms with Gasteiger partial charge in [0.2, 0.25) is 11.7 Å². The molecule has 0 aliphatic heterocycles. The Balaban J connectivity index is 1.54. The summed E-state index contributed by atoms with van der Waals surface area (Å²) in [6.45, 7) is 0.456. The Morgan fingerprint density at radius 1 is 1.33 bits per heavy atom. The van der Waals surface area contributed by atoms with E-state index in [2.05, 4.69) is 20.6 Å². The van der Waals surface area contributed by atoms with E-state index in [1.165, 1.54) is 21.5 Å². The fourth-order valence-electron chi connectivity index (χ4n) is 2.37. The number of carbonyl (C=O) groups is 1. The van der Waals surface area contributed by atoms with Crippen LogP contribution in [0, 0.1) is 10.1 Å². The highest BCUT2D eigenvalue weighted by Gasteiger charge is 2.17. The zero-order valence-corrected chi connectivity index (χ0v) is 14.5. The van der Waals surface area contributed by atoms with Gasteiger partial charge in [-0.3, -0.25) is 4.79 Å². The SMILES string of the molecule is Cn1c([N+](=O)[O-])cnc1Cn1cc(CNC(=O)/C=C/c2ccccc2)nn1. The maximum absolute atomic E-state index is 11.9. The average Bonchev–Trinajstić information content (AvgIpc) is 3.26. The number of aromatic nitrogens is 5. The number of imidazole rings is 1. The molecule has 0 aliphatic carbocycles. The van der Waals surface area contributed by atoms with Crippen LogP contribution in [0.3, 0.4) is 0 Å². The van der Waals surface area contributed by atoms with Crippen LogP contribution in [0.2, 0.25) is 0 Å². The van der Waals surface area contributed by atoms with Crippen molar-refractivity contribution in [2.75, 3.05) is 0 Å². The molecule has 0 saturated carbocycles. The molecular weight excluding hydrogens is 350 g/mol. The van der Waals surface area contributed by atoms with Crippen molar-refractivity contribution in [3.8, 4) is 0 Å². The van der Waals surface area contributed by atoms with E-state index in [9.17, 15) is 14.9 Å². The van der Waals surface area contributed by atoms with E-state index in [0.29, 0.717) is 11.5 Å². The van der Waals surface area contributed by atoms with E-state index in [0.717, 1.165) is 5.56 Å². The molecule has 27 heavy (non-hydrogen) atoms. The Kier molecular flexibility index (Phi) is 5.36. The molecule has 1 aromatic carbocycles. The van der Waals surface area contributed by atoms with Crippen LogP contribution in [0.1, 0.15) is 17.1 Å². The molecule has 10 nitrogen and oxygen atoms in total. The molecule has 1 N–H and O–H groups in total. The van der Waals surface area contributed by atoms with Crippen LogP contribution in [0.25, 0.3) is 6.08 Å². The quantitative estimate of drug-likeness (QED) is 0.382. The minimum Gasteiger partial charge on any atom is -0.358 e. The van der Waals surface area contributed by atoms with Crippen LogP contribution < -0.4 is 5.32 Å². The maximum atomic E-state index is 11.9. The minimum absolute atomic E-state index is 0.0946. The third-order valence-electron chi connectivity index (χ3n) is 3.81. The van der Waals surface area contributed by atoms with Gasteiger partial charge in [-0.15, -0.1) is 5.10 Å². The standard InChI is InChI=1S/C17H17N7O3/c1-22-15(18-10-17(22)24(26)27)12-23-11-14(20-21-23)9-19-16(25)8-7-13-5-3-2-4-6-13/h2-8,10-11H,9,12H2,1H3,(H,19,25)/b8-7+. The predicted molar refractivity (Wildman–Crippen MR) is 96.3 cm³/mol. The number of carbonyl (C=O) groups excluding carboxylic acids is 1. The molecule has 0 aliphatic rings. The van der Waals surface area contributed by atoms with Crippen molar-refractivity contribution >= 4 is 17.8 Å². The van der Waals surface area contributed by atoms with Gasteiger partial charge in [0.25, 0.3) is 0 Å². The summed E-state index contributed by atoms with van der Waals surface area (Å²) < 4.78 is 2.89. The van der Waals surface area contributed by atoms with Crippen molar-refractivity contribution in [2.45, 2.75) is 13.1 Å². The number of nitrogens with zero attached hydrogens (tertiary/aromatic N) is 6. The zero-order chi connectivity index (χ0) is 19.2. The molecular formula is C17H17N7O3. The van der Waals surface area contributed by atoms with Crippen LogP contribution in [0.15, 0.2) is 48.8 Å². The molecule has 3 aromatic rings. The Morgan fingerprint density at radius 2 is 2.11 bits per heavy atom. The van der Waals surface area contributed by atoms with Crippen molar-refractivity contribution in [2.24, 2.45) is 7.05 Å². The van der Waals surface area contributed by atoms with E-state index in [1.807, 2.05) is 30.3 Å². The van der Waals surface area contributed by atoms with Crippen LogP contribution in [-0.4, -0.2) is 35.4 Å². The number of hydrogen-bond donors (Lipinski definition) is 1. The van der Waals surface area contributed by atoms with Crippen LogP contribution in [0.4, 0.5) is 5.82 Å². The van der Waals surface area contributed by atoms with E-state index < -0.39 is 4.92 Å². The van der Waals surface area contributed by atoms with E-state index >= 15 is 0 Å². The molecule has 0 unspecified atom stereocenters. The van der Waals surface area contributed by atoms with Gasteiger partial charge in [0, 0.05) is 6.08 Å². The van der Waals surface area contributed by atoms with Gasteiger partial charge in [-0.25, -0.2) is 14.2 Å². The number of nitrogens with one attached hydrogen (secondary N) is 1. The van der Waals surface area contributed by atoms with Crippen molar-refractivity contribution in [3.05, 3.63) is 76.0 Å². The Labute approximate surface area is 154 Å². The number of rotatable bonds is 7. The van der Waals surface area contributed by atoms with Gasteiger partial charge in [-0.1, -0.05) is 35.5 Å². The Hall–Kier alpha value is -3.82. The van der Waals surface area contributed by atoms with Crippen molar-refractivity contribution in [1.29, 1.82) is 0 Å². The number of hydrogen-bond acceptors (Lipinski definition) is 6. The fraction of sp³-hybridized carbons (Fsp3) is 0.176. The maximum Gasteiger partial charge on any atom is 0.342 e. The van der Waals surface area contributed by atoms with Gasteiger partial charge in [-0.2, -0.15) is 0 Å². The molecule has 0 saturated heterocycles. The molecule has 2 aromatic heterocycles. The largest absolute Gasteiger partial charge is 0.358 e. The molecule has 10 heteroatoms. The van der Waals surface area contributed by atoms with Crippen molar-refractivity contribution in [3.63, 3.8) is 0 Å². The second-order valence-electron chi connectivity index (χ2n) is 5.72. The monoisotopic (exact) mass is 367 g/mol. The first kappa shape index (κ1) is 18.0. The highest BCUT2D eigenvalue weighted by atomic mass is 16.6. The Bertz CT molecular complexity index is 976. The lowest BCUT2D eigenvalue weighted by Gasteiger charge is -1.99. The molecule has 0 spiro atoms. The van der Waals surface area contributed by atoms with Gasteiger partial charge in [0.1, 0.15) is 18.4 Å². The first-order chi connectivity index (χ1) is 13.0. The van der Waals surface area contributed by atoms with Crippen LogP contribution >= 0.6 is 0 Å². The molecule has 0 bridgehead atoms. The minimum atomic E-state index is -0.498. The molecule has 138 valence electrons. The molecule has 0 fully saturated rings. The molecule has 0 radical (unpaired) electrons. The molecule has 3 rings (SSSR count). The predicted octanol–water partition coefficient (Wildman–Crippen LogP) is 1.30. The van der Waals surface area contributed by atoms with Crippen LogP contribution in [0.5, 0.6) is 0 Å². The first-order valence-electron chi connectivity index (χ1n) is 8.08. The summed E-state index contributed by atoms with van der Waals surface area (Å²) in [5, 5.41) is 21.5. The highest BCUT2D eigenvalue weighted by molar-refractivity contribution is 5.91. The lowest BCUT2D eigenvalue weighted by Crippen LogP contribution is -2.20. The van der Waals surface area contributed by atoms with E-state index in [4.69, 9.17) is 0 Å². The van der Waals surface area contributed by atoms with Gasteiger partial charge >= 0.3 is 5.82 Å². The summed E-state index contributed by atoms with van der Waals surface area (Å²) in [6.07, 6.45) is 6.03. The van der Waals surface area contributed by atoms with Gasteiger partial charge in [0.15, 0.2) is 0 Å². The first-order valence-corrected chi connectivity index (χ1v) is 8.08. The lowest BCUT2D eigenvalue weighted by atomic mass is 10.2. The summed E-state index contributed by atoms with van der Waals surface area (Å²) in [5.41, 5.74) is 1.50.